The summed E-state index contributed by atoms with van der Waals surface area (Å²) in [6.45, 7) is 0. The van der Waals surface area contributed by atoms with E-state index in [1.54, 1.807) is 30.5 Å². The highest BCUT2D eigenvalue weighted by Crippen LogP contribution is 2.22. The van der Waals surface area contributed by atoms with E-state index in [2.05, 4.69) is 4.98 Å². The molecule has 92 valence electrons. The maximum Gasteiger partial charge on any atom is 0.145 e. The molecule has 6 heteroatoms. The number of hydrogen-bond donors (Lipinski definition) is 2. The zero-order chi connectivity index (χ0) is 10.7. The van der Waals surface area contributed by atoms with Gasteiger partial charge in [-0.3, -0.25) is 0 Å². The Balaban J connectivity index is 0.00000128. The number of pyridine rings is 1. The molecule has 1 aromatic carbocycles. The van der Waals surface area contributed by atoms with Crippen LogP contribution >= 0.6 is 24.8 Å². The van der Waals surface area contributed by atoms with Crippen molar-refractivity contribution in [2.24, 2.45) is 0 Å². The first-order valence-corrected chi connectivity index (χ1v) is 4.49. The average Bonchev–Trinajstić information content (AvgIpc) is 2.22. The van der Waals surface area contributed by atoms with Crippen molar-refractivity contribution >= 4 is 36.3 Å². The first-order valence-electron chi connectivity index (χ1n) is 4.49. The second kappa shape index (κ2) is 6.83. The van der Waals surface area contributed by atoms with Crippen LogP contribution in [0.3, 0.4) is 0 Å². The minimum atomic E-state index is 0. The molecule has 0 atom stereocenters. The molecule has 0 radical (unpaired) electrons. The number of halogens is 2. The highest BCUT2D eigenvalue weighted by Gasteiger charge is 1.97. The monoisotopic (exact) mass is 273 g/mol. The Morgan fingerprint density at radius 2 is 1.71 bits per heavy atom. The topological polar surface area (TPSA) is 74.2 Å². The van der Waals surface area contributed by atoms with E-state index < -0.39 is 0 Å². The summed E-state index contributed by atoms with van der Waals surface area (Å²) in [6, 6.07) is 10.6. The second-order valence-electron chi connectivity index (χ2n) is 3.09. The van der Waals surface area contributed by atoms with Gasteiger partial charge in [0, 0.05) is 11.8 Å². The fourth-order valence-electron chi connectivity index (χ4n) is 1.17. The van der Waals surface area contributed by atoms with E-state index >= 15 is 0 Å². The van der Waals surface area contributed by atoms with Crippen LogP contribution in [0.15, 0.2) is 42.6 Å². The number of benzene rings is 1. The highest BCUT2D eigenvalue weighted by molar-refractivity contribution is 5.85. The van der Waals surface area contributed by atoms with Gasteiger partial charge in [-0.15, -0.1) is 24.8 Å². The zero-order valence-corrected chi connectivity index (χ0v) is 10.5. The lowest BCUT2D eigenvalue weighted by Crippen LogP contribution is -1.91. The molecule has 0 unspecified atom stereocenters. The van der Waals surface area contributed by atoms with Gasteiger partial charge in [0.15, 0.2) is 0 Å². The molecule has 0 amide bonds. The van der Waals surface area contributed by atoms with E-state index in [1.807, 2.05) is 12.1 Å². The fraction of sp³-hybridized carbons (Fsp3) is 0. The number of hydrogen-bond acceptors (Lipinski definition) is 4. The van der Waals surface area contributed by atoms with E-state index in [4.69, 9.17) is 16.2 Å². The van der Waals surface area contributed by atoms with Crippen LogP contribution in [0.25, 0.3) is 0 Å². The van der Waals surface area contributed by atoms with Crippen molar-refractivity contribution in [2.75, 3.05) is 11.5 Å². The first kappa shape index (κ1) is 15.3. The van der Waals surface area contributed by atoms with Crippen LogP contribution in [0.2, 0.25) is 0 Å². The molecule has 0 aliphatic heterocycles. The smallest absolute Gasteiger partial charge is 0.145 e. The molecule has 1 aromatic heterocycles. The van der Waals surface area contributed by atoms with Crippen LogP contribution < -0.4 is 16.2 Å². The Bertz CT molecular complexity index is 463. The third-order valence-electron chi connectivity index (χ3n) is 1.85. The third-order valence-corrected chi connectivity index (χ3v) is 1.85. The number of ether oxygens (including phenoxy) is 1. The van der Waals surface area contributed by atoms with Gasteiger partial charge >= 0.3 is 0 Å². The van der Waals surface area contributed by atoms with Crippen molar-refractivity contribution in [2.45, 2.75) is 0 Å². The quantitative estimate of drug-likeness (QED) is 0.826. The molecule has 17 heavy (non-hydrogen) atoms. The van der Waals surface area contributed by atoms with Crippen LogP contribution in [0.5, 0.6) is 11.5 Å². The van der Waals surface area contributed by atoms with Gasteiger partial charge in [-0.25, -0.2) is 4.98 Å². The van der Waals surface area contributed by atoms with Crippen molar-refractivity contribution in [3.8, 4) is 11.5 Å². The Morgan fingerprint density at radius 1 is 0.941 bits per heavy atom. The minimum absolute atomic E-state index is 0. The van der Waals surface area contributed by atoms with Crippen LogP contribution in [0, 0.1) is 0 Å². The normalized spacial score (nSPS) is 8.71. The number of rotatable bonds is 2. The Hall–Kier alpha value is -1.65. The minimum Gasteiger partial charge on any atom is -0.456 e. The SMILES string of the molecule is Cl.Cl.Nc1cccc(Oc2ccc(N)nc2)c1. The number of nitrogen functional groups attached to an aromatic ring is 2. The summed E-state index contributed by atoms with van der Waals surface area (Å²) in [6.07, 6.45) is 1.57. The lowest BCUT2D eigenvalue weighted by atomic mass is 10.3. The maximum absolute atomic E-state index is 5.62. The molecule has 0 fully saturated rings. The summed E-state index contributed by atoms with van der Waals surface area (Å²) >= 11 is 0. The van der Waals surface area contributed by atoms with E-state index in [9.17, 15) is 0 Å². The predicted octanol–water partition coefficient (Wildman–Crippen LogP) is 2.88. The molecule has 0 aliphatic carbocycles. The predicted molar refractivity (Wildman–Crippen MR) is 74.1 cm³/mol. The number of nitrogens with two attached hydrogens (primary N) is 2. The first-order chi connectivity index (χ1) is 7.24. The van der Waals surface area contributed by atoms with Crippen molar-refractivity contribution in [1.82, 2.24) is 4.98 Å². The summed E-state index contributed by atoms with van der Waals surface area (Å²) in [5.74, 6) is 1.78. The van der Waals surface area contributed by atoms with Gasteiger partial charge in [0.05, 0.1) is 6.20 Å². The molecule has 4 N–H and O–H groups in total. The van der Waals surface area contributed by atoms with Gasteiger partial charge in [0.2, 0.25) is 0 Å². The van der Waals surface area contributed by atoms with Gasteiger partial charge in [0.1, 0.15) is 17.3 Å². The van der Waals surface area contributed by atoms with Crippen molar-refractivity contribution in [3.63, 3.8) is 0 Å². The molecule has 0 saturated heterocycles. The second-order valence-corrected chi connectivity index (χ2v) is 3.09. The Kier molecular flexibility index (Phi) is 6.17. The molecule has 4 nitrogen and oxygen atoms in total. The van der Waals surface area contributed by atoms with E-state index in [-0.39, 0.29) is 24.8 Å². The molecular formula is C11H13Cl2N3O. The van der Waals surface area contributed by atoms with Crippen LogP contribution in [0.1, 0.15) is 0 Å². The molecule has 0 spiro atoms. The fourth-order valence-corrected chi connectivity index (χ4v) is 1.17. The highest BCUT2D eigenvalue weighted by atomic mass is 35.5. The van der Waals surface area contributed by atoms with E-state index in [0.29, 0.717) is 23.0 Å². The molecule has 0 aliphatic rings. The van der Waals surface area contributed by atoms with Gasteiger partial charge in [-0.1, -0.05) is 6.07 Å². The summed E-state index contributed by atoms with van der Waals surface area (Å²) in [5.41, 5.74) is 11.7. The molecular weight excluding hydrogens is 261 g/mol. The zero-order valence-electron chi connectivity index (χ0n) is 8.87. The lowest BCUT2D eigenvalue weighted by molar-refractivity contribution is 0.481. The lowest BCUT2D eigenvalue weighted by Gasteiger charge is -2.05. The Morgan fingerprint density at radius 3 is 2.29 bits per heavy atom. The van der Waals surface area contributed by atoms with E-state index in [0.717, 1.165) is 0 Å². The van der Waals surface area contributed by atoms with Gasteiger partial charge in [-0.2, -0.15) is 0 Å². The molecule has 2 aromatic rings. The maximum atomic E-state index is 5.62. The van der Waals surface area contributed by atoms with E-state index in [1.165, 1.54) is 0 Å². The number of anilines is 2. The standard InChI is InChI=1S/C11H11N3O.2ClH/c12-8-2-1-3-9(6-8)15-10-4-5-11(13)14-7-10;;/h1-7H,12H2,(H2,13,14);2*1H. The van der Waals surface area contributed by atoms with Crippen LogP contribution in [-0.2, 0) is 0 Å². The molecule has 0 bridgehead atoms. The average molecular weight is 274 g/mol. The van der Waals surface area contributed by atoms with Crippen molar-refractivity contribution in [1.29, 1.82) is 0 Å². The molecule has 1 heterocycles. The largest absolute Gasteiger partial charge is 0.456 e. The van der Waals surface area contributed by atoms with Crippen LogP contribution in [-0.4, -0.2) is 4.98 Å². The summed E-state index contributed by atoms with van der Waals surface area (Å²) in [7, 11) is 0. The molecule has 0 saturated carbocycles. The Labute approximate surface area is 112 Å². The summed E-state index contributed by atoms with van der Waals surface area (Å²) in [5, 5.41) is 0. The van der Waals surface area contributed by atoms with Gasteiger partial charge in [-0.05, 0) is 24.3 Å². The van der Waals surface area contributed by atoms with Gasteiger partial charge in [0.25, 0.3) is 0 Å². The van der Waals surface area contributed by atoms with Crippen LogP contribution in [0.4, 0.5) is 11.5 Å². The number of nitrogens with zero attached hydrogens (tertiary/aromatic N) is 1. The summed E-state index contributed by atoms with van der Waals surface area (Å²) in [4.78, 5) is 3.92. The van der Waals surface area contributed by atoms with Crippen molar-refractivity contribution in [3.05, 3.63) is 42.6 Å². The van der Waals surface area contributed by atoms with Crippen molar-refractivity contribution < 1.29 is 4.74 Å². The number of aromatic nitrogens is 1. The molecule has 2 rings (SSSR count). The van der Waals surface area contributed by atoms with Gasteiger partial charge < -0.3 is 16.2 Å². The third kappa shape index (κ3) is 4.38. The summed E-state index contributed by atoms with van der Waals surface area (Å²) < 4.78 is 5.52.